The lowest BCUT2D eigenvalue weighted by Crippen LogP contribution is -1.94. The van der Waals surface area contributed by atoms with Crippen molar-refractivity contribution >= 4 is 22.8 Å². The molecule has 0 atom stereocenters. The maximum atomic E-state index is 13.6. The molecule has 0 radical (unpaired) electrons. The quantitative estimate of drug-likeness (QED) is 0.631. The molecule has 0 aliphatic rings. The summed E-state index contributed by atoms with van der Waals surface area (Å²) in [6.45, 7) is 0. The fourth-order valence-corrected chi connectivity index (χ4v) is 1.79. The Kier molecular flexibility index (Phi) is 2.60. The highest BCUT2D eigenvalue weighted by atomic mass is 35.5. The van der Waals surface area contributed by atoms with E-state index in [1.807, 2.05) is 0 Å². The van der Waals surface area contributed by atoms with Crippen LogP contribution in [0.3, 0.4) is 0 Å². The molecule has 0 saturated carbocycles. The first-order valence-electron chi connectivity index (χ1n) is 5.14. The summed E-state index contributed by atoms with van der Waals surface area (Å²) >= 11 is 5.86. The van der Waals surface area contributed by atoms with Gasteiger partial charge >= 0.3 is 0 Å². The maximum absolute atomic E-state index is 13.6. The minimum Gasteiger partial charge on any atom is -0.247 e. The first-order valence-corrected chi connectivity index (χ1v) is 5.51. The molecule has 2 heterocycles. The number of hydrogen-bond donors (Lipinski definition) is 0. The van der Waals surface area contributed by atoms with E-state index in [1.54, 1.807) is 18.2 Å². The van der Waals surface area contributed by atoms with Gasteiger partial charge in [-0.05, 0) is 12.1 Å². The van der Waals surface area contributed by atoms with Crippen molar-refractivity contribution in [2.75, 3.05) is 0 Å². The lowest BCUT2D eigenvalue weighted by Gasteiger charge is -2.03. The molecule has 0 aliphatic carbocycles. The van der Waals surface area contributed by atoms with Crippen LogP contribution in [0.15, 0.2) is 36.8 Å². The predicted octanol–water partition coefficient (Wildman–Crippen LogP) is 2.88. The van der Waals surface area contributed by atoms with E-state index in [0.29, 0.717) is 22.4 Å². The number of aromatic nitrogens is 4. The zero-order valence-corrected chi connectivity index (χ0v) is 9.76. The normalized spacial score (nSPS) is 10.8. The summed E-state index contributed by atoms with van der Waals surface area (Å²) in [6.07, 6.45) is 2.75. The molecule has 18 heavy (non-hydrogen) atoms. The number of fused-ring (bicyclic) bond motifs is 1. The first-order chi connectivity index (χ1) is 8.75. The van der Waals surface area contributed by atoms with Crippen molar-refractivity contribution in [3.63, 3.8) is 0 Å². The Balaban J connectivity index is 2.23. The van der Waals surface area contributed by atoms with Crippen molar-refractivity contribution < 1.29 is 4.39 Å². The van der Waals surface area contributed by atoms with Gasteiger partial charge in [-0.15, -0.1) is 0 Å². The van der Waals surface area contributed by atoms with Crippen LogP contribution in [0.25, 0.3) is 22.4 Å². The average Bonchev–Trinajstić information content (AvgIpc) is 2.39. The van der Waals surface area contributed by atoms with Gasteiger partial charge in [0, 0.05) is 5.56 Å². The third-order valence-corrected chi connectivity index (χ3v) is 2.73. The molecular weight excluding hydrogens is 255 g/mol. The van der Waals surface area contributed by atoms with Crippen LogP contribution in [0.1, 0.15) is 0 Å². The third-order valence-electron chi connectivity index (χ3n) is 2.45. The zero-order valence-electron chi connectivity index (χ0n) is 9.01. The van der Waals surface area contributed by atoms with Crippen molar-refractivity contribution in [1.82, 2.24) is 19.9 Å². The minimum atomic E-state index is -0.355. The molecule has 88 valence electrons. The van der Waals surface area contributed by atoms with E-state index < -0.39 is 0 Å². The molecule has 0 fully saturated rings. The molecular formula is C12H6ClFN4. The standard InChI is InChI=1S/C12H6ClFN4/c13-11-10-12(17-6-16-11)18-9(5-15-10)7-3-1-2-4-8(7)14/h1-6H. The summed E-state index contributed by atoms with van der Waals surface area (Å²) in [6, 6.07) is 6.35. The fraction of sp³-hybridized carbons (Fsp3) is 0. The Morgan fingerprint density at radius 3 is 2.72 bits per heavy atom. The van der Waals surface area contributed by atoms with Gasteiger partial charge in [-0.25, -0.2) is 24.3 Å². The Bertz CT molecular complexity index is 732. The molecule has 0 spiro atoms. The number of hydrogen-bond acceptors (Lipinski definition) is 4. The summed E-state index contributed by atoms with van der Waals surface area (Å²) in [7, 11) is 0. The first kappa shape index (κ1) is 11.0. The average molecular weight is 261 g/mol. The molecule has 0 N–H and O–H groups in total. The van der Waals surface area contributed by atoms with Crippen LogP contribution < -0.4 is 0 Å². The van der Waals surface area contributed by atoms with Crippen LogP contribution in [-0.4, -0.2) is 19.9 Å². The van der Waals surface area contributed by atoms with Gasteiger partial charge in [0.05, 0.1) is 11.9 Å². The van der Waals surface area contributed by atoms with Crippen LogP contribution in [0.2, 0.25) is 5.15 Å². The van der Waals surface area contributed by atoms with Gasteiger partial charge in [0.1, 0.15) is 17.7 Å². The summed E-state index contributed by atoms with van der Waals surface area (Å²) in [5.74, 6) is -0.355. The summed E-state index contributed by atoms with van der Waals surface area (Å²) in [4.78, 5) is 16.1. The monoisotopic (exact) mass is 260 g/mol. The molecule has 0 saturated heterocycles. The largest absolute Gasteiger partial charge is 0.247 e. The van der Waals surface area contributed by atoms with E-state index in [9.17, 15) is 4.39 Å². The van der Waals surface area contributed by atoms with E-state index in [4.69, 9.17) is 11.6 Å². The summed E-state index contributed by atoms with van der Waals surface area (Å²) in [5.41, 5.74) is 1.53. The molecule has 0 aliphatic heterocycles. The highest BCUT2D eigenvalue weighted by Gasteiger charge is 2.09. The van der Waals surface area contributed by atoms with E-state index in [2.05, 4.69) is 19.9 Å². The van der Waals surface area contributed by atoms with Gasteiger partial charge in [-0.2, -0.15) is 0 Å². The highest BCUT2D eigenvalue weighted by molar-refractivity contribution is 6.33. The van der Waals surface area contributed by atoms with Crippen molar-refractivity contribution in [1.29, 1.82) is 0 Å². The van der Waals surface area contributed by atoms with Crippen molar-refractivity contribution in [2.45, 2.75) is 0 Å². The number of nitrogens with zero attached hydrogens (tertiary/aromatic N) is 4. The topological polar surface area (TPSA) is 51.6 Å². The van der Waals surface area contributed by atoms with Gasteiger partial charge < -0.3 is 0 Å². The van der Waals surface area contributed by atoms with Crippen LogP contribution in [-0.2, 0) is 0 Å². The van der Waals surface area contributed by atoms with Crippen molar-refractivity contribution in [3.8, 4) is 11.3 Å². The van der Waals surface area contributed by atoms with Crippen LogP contribution in [0, 0.1) is 5.82 Å². The fourth-order valence-electron chi connectivity index (χ4n) is 1.61. The summed E-state index contributed by atoms with van der Waals surface area (Å²) < 4.78 is 13.6. The molecule has 3 rings (SSSR count). The number of rotatable bonds is 1. The van der Waals surface area contributed by atoms with Crippen LogP contribution in [0.5, 0.6) is 0 Å². The van der Waals surface area contributed by atoms with Crippen LogP contribution in [0.4, 0.5) is 4.39 Å². The molecule has 0 unspecified atom stereocenters. The van der Waals surface area contributed by atoms with Crippen molar-refractivity contribution in [2.24, 2.45) is 0 Å². The molecule has 1 aromatic carbocycles. The molecule has 2 aromatic heterocycles. The third kappa shape index (κ3) is 1.78. The van der Waals surface area contributed by atoms with Gasteiger partial charge in [0.2, 0.25) is 0 Å². The minimum absolute atomic E-state index is 0.229. The Hall–Kier alpha value is -2.14. The van der Waals surface area contributed by atoms with E-state index >= 15 is 0 Å². The maximum Gasteiger partial charge on any atom is 0.183 e. The lowest BCUT2D eigenvalue weighted by molar-refractivity contribution is 0.630. The van der Waals surface area contributed by atoms with E-state index in [-0.39, 0.29) is 11.0 Å². The van der Waals surface area contributed by atoms with Gasteiger partial charge in [-0.3, -0.25) is 0 Å². The smallest absolute Gasteiger partial charge is 0.183 e. The van der Waals surface area contributed by atoms with Gasteiger partial charge in [-0.1, -0.05) is 23.7 Å². The molecule has 6 heteroatoms. The molecule has 3 aromatic rings. The predicted molar refractivity (Wildman–Crippen MR) is 65.5 cm³/mol. The van der Waals surface area contributed by atoms with Gasteiger partial charge in [0.15, 0.2) is 10.8 Å². The number of benzene rings is 1. The summed E-state index contributed by atoms with van der Waals surface area (Å²) in [5, 5.41) is 0.229. The lowest BCUT2D eigenvalue weighted by atomic mass is 10.1. The van der Waals surface area contributed by atoms with Gasteiger partial charge in [0.25, 0.3) is 0 Å². The van der Waals surface area contributed by atoms with Crippen molar-refractivity contribution in [3.05, 3.63) is 47.8 Å². The molecule has 0 amide bonds. The van der Waals surface area contributed by atoms with E-state index in [0.717, 1.165) is 0 Å². The Labute approximate surface area is 107 Å². The SMILES string of the molecule is Fc1ccccc1-c1cnc2c(Cl)ncnc2n1. The second-order valence-electron chi connectivity index (χ2n) is 3.57. The Morgan fingerprint density at radius 2 is 1.89 bits per heavy atom. The second kappa shape index (κ2) is 4.27. The van der Waals surface area contributed by atoms with E-state index in [1.165, 1.54) is 18.6 Å². The molecule has 4 nitrogen and oxygen atoms in total. The Morgan fingerprint density at radius 1 is 1.06 bits per heavy atom. The second-order valence-corrected chi connectivity index (χ2v) is 3.93. The number of halogens is 2. The molecule has 0 bridgehead atoms. The zero-order chi connectivity index (χ0) is 12.5. The highest BCUT2D eigenvalue weighted by Crippen LogP contribution is 2.22. The van der Waals surface area contributed by atoms with Crippen LogP contribution >= 0.6 is 11.6 Å².